The maximum Gasteiger partial charge on any atom is 0.0603 e. The Hall–Kier alpha value is -0.0800. The highest BCUT2D eigenvalue weighted by atomic mass is 16.3. The van der Waals surface area contributed by atoms with Crippen molar-refractivity contribution < 1.29 is 5.11 Å². The summed E-state index contributed by atoms with van der Waals surface area (Å²) in [5, 5.41) is 13.0. The van der Waals surface area contributed by atoms with Gasteiger partial charge >= 0.3 is 0 Å². The van der Waals surface area contributed by atoms with Crippen LogP contribution in [-0.4, -0.2) is 23.8 Å². The van der Waals surface area contributed by atoms with E-state index in [0.717, 1.165) is 31.3 Å². The van der Waals surface area contributed by atoms with Crippen molar-refractivity contribution in [3.63, 3.8) is 0 Å². The van der Waals surface area contributed by atoms with E-state index in [-0.39, 0.29) is 0 Å². The summed E-state index contributed by atoms with van der Waals surface area (Å²) < 4.78 is 0. The molecule has 0 bridgehead atoms. The predicted molar refractivity (Wildman–Crippen MR) is 69.5 cm³/mol. The van der Waals surface area contributed by atoms with Crippen LogP contribution in [0.5, 0.6) is 0 Å². The molecule has 16 heavy (non-hydrogen) atoms. The molecule has 96 valence electrons. The molecule has 0 spiro atoms. The fourth-order valence-corrected chi connectivity index (χ4v) is 2.44. The van der Waals surface area contributed by atoms with Crippen LogP contribution in [0.3, 0.4) is 0 Å². The average molecular weight is 227 g/mol. The van der Waals surface area contributed by atoms with E-state index in [0.29, 0.717) is 0 Å². The van der Waals surface area contributed by atoms with Crippen LogP contribution in [0.1, 0.15) is 59.3 Å². The van der Waals surface area contributed by atoms with Gasteiger partial charge in [-0.05, 0) is 51.6 Å². The molecule has 0 aromatic rings. The predicted octanol–water partition coefficient (Wildman–Crippen LogP) is 2.95. The number of rotatable bonds is 6. The quantitative estimate of drug-likeness (QED) is 0.684. The van der Waals surface area contributed by atoms with E-state index in [1.54, 1.807) is 0 Å². The van der Waals surface area contributed by atoms with E-state index in [1.807, 2.05) is 13.8 Å². The van der Waals surface area contributed by atoms with Gasteiger partial charge in [0.05, 0.1) is 5.60 Å². The van der Waals surface area contributed by atoms with Crippen LogP contribution in [-0.2, 0) is 0 Å². The van der Waals surface area contributed by atoms with Crippen molar-refractivity contribution in [3.05, 3.63) is 0 Å². The minimum atomic E-state index is -0.521. The lowest BCUT2D eigenvalue weighted by atomic mass is 9.81. The van der Waals surface area contributed by atoms with E-state index in [1.165, 1.54) is 32.1 Å². The summed E-state index contributed by atoms with van der Waals surface area (Å²) in [6.45, 7) is 8.17. The van der Waals surface area contributed by atoms with Crippen molar-refractivity contribution >= 4 is 0 Å². The SMILES string of the molecule is CC1CCC(CCNCCC(C)(C)O)CC1. The highest BCUT2D eigenvalue weighted by Crippen LogP contribution is 2.29. The van der Waals surface area contributed by atoms with Crippen molar-refractivity contribution in [2.75, 3.05) is 13.1 Å². The lowest BCUT2D eigenvalue weighted by Crippen LogP contribution is -2.28. The van der Waals surface area contributed by atoms with Gasteiger partial charge in [-0.15, -0.1) is 0 Å². The van der Waals surface area contributed by atoms with Crippen LogP contribution >= 0.6 is 0 Å². The van der Waals surface area contributed by atoms with Gasteiger partial charge in [0.25, 0.3) is 0 Å². The summed E-state index contributed by atoms with van der Waals surface area (Å²) in [6, 6.07) is 0. The van der Waals surface area contributed by atoms with Gasteiger partial charge in [-0.2, -0.15) is 0 Å². The first-order valence-electron chi connectivity index (χ1n) is 6.90. The Labute approximate surface area is 101 Å². The molecular weight excluding hydrogens is 198 g/mol. The molecule has 0 amide bonds. The molecule has 1 fully saturated rings. The largest absolute Gasteiger partial charge is 0.390 e. The Morgan fingerprint density at radius 2 is 1.75 bits per heavy atom. The molecule has 0 aromatic heterocycles. The first-order chi connectivity index (χ1) is 7.47. The van der Waals surface area contributed by atoms with E-state index >= 15 is 0 Å². The Morgan fingerprint density at radius 3 is 2.31 bits per heavy atom. The molecule has 0 unspecified atom stereocenters. The molecule has 2 nitrogen and oxygen atoms in total. The molecule has 1 aliphatic rings. The second kappa shape index (κ2) is 6.61. The zero-order valence-corrected chi connectivity index (χ0v) is 11.3. The molecule has 0 atom stereocenters. The zero-order valence-electron chi connectivity index (χ0n) is 11.3. The van der Waals surface area contributed by atoms with Crippen molar-refractivity contribution in [1.29, 1.82) is 0 Å². The molecule has 1 saturated carbocycles. The minimum absolute atomic E-state index is 0.521. The first-order valence-corrected chi connectivity index (χ1v) is 6.90. The molecule has 0 aromatic carbocycles. The van der Waals surface area contributed by atoms with Gasteiger partial charge in [-0.3, -0.25) is 0 Å². The Kier molecular flexibility index (Phi) is 5.77. The van der Waals surface area contributed by atoms with Crippen molar-refractivity contribution in [1.82, 2.24) is 5.32 Å². The lowest BCUT2D eigenvalue weighted by molar-refractivity contribution is 0.0711. The topological polar surface area (TPSA) is 32.3 Å². The monoisotopic (exact) mass is 227 g/mol. The third kappa shape index (κ3) is 6.49. The van der Waals surface area contributed by atoms with Crippen LogP contribution in [0, 0.1) is 11.8 Å². The summed E-state index contributed by atoms with van der Waals surface area (Å²) in [5.41, 5.74) is -0.521. The zero-order chi connectivity index (χ0) is 12.0. The fourth-order valence-electron chi connectivity index (χ4n) is 2.44. The lowest BCUT2D eigenvalue weighted by Gasteiger charge is -2.26. The van der Waals surface area contributed by atoms with E-state index < -0.39 is 5.60 Å². The first kappa shape index (κ1) is 14.0. The van der Waals surface area contributed by atoms with Gasteiger partial charge in [0.2, 0.25) is 0 Å². The average Bonchev–Trinajstić information content (AvgIpc) is 2.19. The maximum atomic E-state index is 9.55. The third-order valence-corrected chi connectivity index (χ3v) is 3.78. The fraction of sp³-hybridized carbons (Fsp3) is 1.00. The molecule has 0 radical (unpaired) electrons. The second-order valence-electron chi connectivity index (χ2n) is 6.23. The van der Waals surface area contributed by atoms with Gasteiger partial charge in [0.1, 0.15) is 0 Å². The van der Waals surface area contributed by atoms with Gasteiger partial charge in [0, 0.05) is 0 Å². The van der Waals surface area contributed by atoms with Crippen LogP contribution in [0.15, 0.2) is 0 Å². The molecular formula is C14H29NO. The summed E-state index contributed by atoms with van der Waals surface area (Å²) in [5.74, 6) is 1.91. The van der Waals surface area contributed by atoms with Crippen LogP contribution in [0.4, 0.5) is 0 Å². The van der Waals surface area contributed by atoms with E-state index in [9.17, 15) is 5.11 Å². The summed E-state index contributed by atoms with van der Waals surface area (Å²) in [7, 11) is 0. The summed E-state index contributed by atoms with van der Waals surface area (Å²) >= 11 is 0. The number of nitrogens with one attached hydrogen (secondary N) is 1. The summed E-state index contributed by atoms with van der Waals surface area (Å²) in [4.78, 5) is 0. The number of aliphatic hydroxyl groups is 1. The number of hydrogen-bond acceptors (Lipinski definition) is 2. The third-order valence-electron chi connectivity index (χ3n) is 3.78. The molecule has 0 aliphatic heterocycles. The number of hydrogen-bond donors (Lipinski definition) is 2. The van der Waals surface area contributed by atoms with Crippen LogP contribution in [0.2, 0.25) is 0 Å². The molecule has 0 saturated heterocycles. The van der Waals surface area contributed by atoms with Crippen molar-refractivity contribution in [2.45, 2.75) is 64.9 Å². The normalized spacial score (nSPS) is 27.0. The summed E-state index contributed by atoms with van der Waals surface area (Å²) in [6.07, 6.45) is 7.86. The molecule has 1 rings (SSSR count). The smallest absolute Gasteiger partial charge is 0.0603 e. The van der Waals surface area contributed by atoms with E-state index in [2.05, 4.69) is 12.2 Å². The minimum Gasteiger partial charge on any atom is -0.390 e. The standard InChI is InChI=1S/C14H29NO/c1-12-4-6-13(7-5-12)8-10-15-11-9-14(2,3)16/h12-13,15-16H,4-11H2,1-3H3. The van der Waals surface area contributed by atoms with Crippen molar-refractivity contribution in [3.8, 4) is 0 Å². The Balaban J connectivity index is 1.95. The van der Waals surface area contributed by atoms with Gasteiger partial charge in [-0.25, -0.2) is 0 Å². The van der Waals surface area contributed by atoms with Crippen molar-refractivity contribution in [2.24, 2.45) is 11.8 Å². The highest BCUT2D eigenvalue weighted by molar-refractivity contribution is 4.71. The van der Waals surface area contributed by atoms with E-state index in [4.69, 9.17) is 0 Å². The second-order valence-corrected chi connectivity index (χ2v) is 6.23. The maximum absolute atomic E-state index is 9.55. The molecule has 2 N–H and O–H groups in total. The van der Waals surface area contributed by atoms with Crippen LogP contribution in [0.25, 0.3) is 0 Å². The highest BCUT2D eigenvalue weighted by Gasteiger charge is 2.17. The molecule has 1 aliphatic carbocycles. The Morgan fingerprint density at radius 1 is 1.12 bits per heavy atom. The van der Waals surface area contributed by atoms with Crippen LogP contribution < -0.4 is 5.32 Å². The van der Waals surface area contributed by atoms with Gasteiger partial charge in [-0.1, -0.05) is 32.6 Å². The Bertz CT molecular complexity index is 178. The van der Waals surface area contributed by atoms with Gasteiger partial charge < -0.3 is 10.4 Å². The van der Waals surface area contributed by atoms with Gasteiger partial charge in [0.15, 0.2) is 0 Å². The molecule has 2 heteroatoms. The molecule has 0 heterocycles.